The molecule has 0 bridgehead atoms. The van der Waals surface area contributed by atoms with Crippen LogP contribution in [0.3, 0.4) is 0 Å². The molecule has 19 heavy (non-hydrogen) atoms. The second kappa shape index (κ2) is 7.23. The summed E-state index contributed by atoms with van der Waals surface area (Å²) < 4.78 is 1.87. The fraction of sp³-hybridized carbons (Fsp3) is 0.643. The topological polar surface area (TPSA) is 29.1 Å². The second-order valence-electron chi connectivity index (χ2n) is 5.42. The van der Waals surface area contributed by atoms with Crippen LogP contribution in [0.4, 0.5) is 0 Å². The minimum atomic E-state index is 0.0256. The van der Waals surface area contributed by atoms with Crippen molar-refractivity contribution in [1.29, 1.82) is 0 Å². The van der Waals surface area contributed by atoms with Gasteiger partial charge in [-0.2, -0.15) is 0 Å². The van der Waals surface area contributed by atoms with Gasteiger partial charge in [0, 0.05) is 6.54 Å². The summed E-state index contributed by atoms with van der Waals surface area (Å²) in [5.41, 5.74) is 0.730. The van der Waals surface area contributed by atoms with E-state index < -0.39 is 0 Å². The first-order valence-electron chi connectivity index (χ1n) is 6.79. The maximum atomic E-state index is 12.0. The van der Waals surface area contributed by atoms with E-state index in [0.29, 0.717) is 0 Å². The van der Waals surface area contributed by atoms with E-state index in [1.165, 1.54) is 37.0 Å². The average molecular weight is 409 g/mol. The lowest BCUT2D eigenvalue weighted by Gasteiger charge is -2.26. The van der Waals surface area contributed by atoms with Crippen molar-refractivity contribution in [1.82, 2.24) is 5.32 Å². The van der Waals surface area contributed by atoms with Crippen molar-refractivity contribution in [3.63, 3.8) is 0 Å². The third-order valence-electron chi connectivity index (χ3n) is 3.78. The van der Waals surface area contributed by atoms with Gasteiger partial charge >= 0.3 is 0 Å². The van der Waals surface area contributed by atoms with Gasteiger partial charge < -0.3 is 5.32 Å². The van der Waals surface area contributed by atoms with Crippen LogP contribution in [-0.2, 0) is 0 Å². The summed E-state index contributed by atoms with van der Waals surface area (Å²) in [5, 5.41) is 3.03. The molecule has 5 heteroatoms. The summed E-state index contributed by atoms with van der Waals surface area (Å²) in [5.74, 6) is 1.68. The summed E-state index contributed by atoms with van der Waals surface area (Å²) in [7, 11) is 0. The van der Waals surface area contributed by atoms with Crippen LogP contribution in [0.15, 0.2) is 13.6 Å². The molecule has 0 radical (unpaired) electrons. The highest BCUT2D eigenvalue weighted by Crippen LogP contribution is 2.32. The van der Waals surface area contributed by atoms with E-state index in [1.54, 1.807) is 0 Å². The Kier molecular flexibility index (Phi) is 5.90. The Hall–Kier alpha value is 0.130. The number of thiophene rings is 1. The lowest BCUT2D eigenvalue weighted by Crippen LogP contribution is -2.27. The highest BCUT2D eigenvalue weighted by Gasteiger charge is 2.19. The summed E-state index contributed by atoms with van der Waals surface area (Å²) in [6.45, 7) is 3.13. The van der Waals surface area contributed by atoms with Gasteiger partial charge in [0.2, 0.25) is 0 Å². The zero-order chi connectivity index (χ0) is 13.8. The smallest absolute Gasteiger partial charge is 0.253 e. The van der Waals surface area contributed by atoms with E-state index in [4.69, 9.17) is 0 Å². The van der Waals surface area contributed by atoms with Crippen molar-refractivity contribution >= 4 is 49.1 Å². The van der Waals surface area contributed by atoms with Gasteiger partial charge in [0.25, 0.3) is 5.91 Å². The van der Waals surface area contributed by atoms with Crippen molar-refractivity contribution in [2.45, 2.75) is 39.0 Å². The van der Waals surface area contributed by atoms with Crippen molar-refractivity contribution in [2.24, 2.45) is 11.8 Å². The molecule has 0 spiro atoms. The zero-order valence-corrected chi connectivity index (χ0v) is 15.0. The van der Waals surface area contributed by atoms with Crippen LogP contribution in [0, 0.1) is 11.8 Å². The molecular formula is C14H19Br2NOS. The Morgan fingerprint density at radius 2 is 2.26 bits per heavy atom. The molecule has 0 saturated heterocycles. The van der Waals surface area contributed by atoms with Crippen LogP contribution in [0.25, 0.3) is 0 Å². The molecule has 0 aliphatic heterocycles. The zero-order valence-electron chi connectivity index (χ0n) is 11.0. The number of hydrogen-bond donors (Lipinski definition) is 1. The number of hydrogen-bond acceptors (Lipinski definition) is 2. The third kappa shape index (κ3) is 4.57. The molecule has 106 valence electrons. The predicted molar refractivity (Wildman–Crippen MR) is 87.8 cm³/mol. The SMILES string of the molecule is CC1CCCC(CCNC(=O)c2cc(Br)sc2Br)C1. The lowest BCUT2D eigenvalue weighted by atomic mass is 9.81. The van der Waals surface area contributed by atoms with Gasteiger partial charge in [0.15, 0.2) is 0 Å². The first-order chi connectivity index (χ1) is 9.06. The van der Waals surface area contributed by atoms with Gasteiger partial charge in [-0.1, -0.05) is 26.2 Å². The van der Waals surface area contributed by atoms with E-state index in [9.17, 15) is 4.79 Å². The standard InChI is InChI=1S/C14H19Br2NOS/c1-9-3-2-4-10(7-9)5-6-17-14(18)11-8-12(15)19-13(11)16/h8-10H,2-7H2,1H3,(H,17,18). The van der Waals surface area contributed by atoms with Crippen LogP contribution in [0.5, 0.6) is 0 Å². The summed E-state index contributed by atoms with van der Waals surface area (Å²) >= 11 is 8.35. The fourth-order valence-electron chi connectivity index (χ4n) is 2.80. The number of carbonyl (C=O) groups excluding carboxylic acids is 1. The molecule has 1 heterocycles. The molecular weight excluding hydrogens is 390 g/mol. The highest BCUT2D eigenvalue weighted by atomic mass is 79.9. The molecule has 1 aromatic heterocycles. The Bertz CT molecular complexity index is 447. The minimum absolute atomic E-state index is 0.0256. The number of carbonyl (C=O) groups is 1. The average Bonchev–Trinajstić information content (AvgIpc) is 2.68. The number of nitrogens with one attached hydrogen (secondary N) is 1. The molecule has 1 aromatic rings. The van der Waals surface area contributed by atoms with E-state index in [-0.39, 0.29) is 5.91 Å². The fourth-order valence-corrected chi connectivity index (χ4v) is 5.60. The second-order valence-corrected chi connectivity index (χ2v) is 9.17. The molecule has 1 fully saturated rings. The van der Waals surface area contributed by atoms with Crippen LogP contribution < -0.4 is 5.32 Å². The largest absolute Gasteiger partial charge is 0.352 e. The molecule has 2 rings (SSSR count). The normalized spacial score (nSPS) is 23.3. The van der Waals surface area contributed by atoms with Crippen molar-refractivity contribution in [2.75, 3.05) is 6.54 Å². The Labute approximate surface area is 135 Å². The molecule has 1 aliphatic carbocycles. The first-order valence-corrected chi connectivity index (χ1v) is 9.19. The summed E-state index contributed by atoms with van der Waals surface area (Å²) in [6, 6.07) is 1.87. The van der Waals surface area contributed by atoms with Gasteiger partial charge in [0.05, 0.1) is 13.1 Å². The quantitative estimate of drug-likeness (QED) is 0.726. The predicted octanol–water partition coefficient (Wildman–Crippen LogP) is 5.22. The van der Waals surface area contributed by atoms with Gasteiger partial charge in [0.1, 0.15) is 0 Å². The highest BCUT2D eigenvalue weighted by molar-refractivity contribution is 9.12. The molecule has 2 atom stereocenters. The van der Waals surface area contributed by atoms with Gasteiger partial charge in [-0.3, -0.25) is 4.79 Å². The summed E-state index contributed by atoms with van der Waals surface area (Å²) in [4.78, 5) is 12.0. The molecule has 1 saturated carbocycles. The molecule has 0 aromatic carbocycles. The Balaban J connectivity index is 1.76. The van der Waals surface area contributed by atoms with E-state index >= 15 is 0 Å². The molecule has 1 N–H and O–H groups in total. The molecule has 2 unspecified atom stereocenters. The molecule has 1 amide bonds. The van der Waals surface area contributed by atoms with E-state index in [1.807, 2.05) is 6.07 Å². The van der Waals surface area contributed by atoms with Crippen molar-refractivity contribution in [3.05, 3.63) is 19.2 Å². The van der Waals surface area contributed by atoms with Crippen LogP contribution in [0.2, 0.25) is 0 Å². The number of rotatable bonds is 4. The Morgan fingerprint density at radius 1 is 1.47 bits per heavy atom. The van der Waals surface area contributed by atoms with E-state index in [2.05, 4.69) is 44.1 Å². The first kappa shape index (κ1) is 15.5. The van der Waals surface area contributed by atoms with Crippen LogP contribution in [0.1, 0.15) is 49.4 Å². The van der Waals surface area contributed by atoms with Gasteiger partial charge in [-0.25, -0.2) is 0 Å². The Morgan fingerprint density at radius 3 is 2.89 bits per heavy atom. The number of halogens is 2. The monoisotopic (exact) mass is 407 g/mol. The van der Waals surface area contributed by atoms with Crippen LogP contribution in [-0.4, -0.2) is 12.5 Å². The van der Waals surface area contributed by atoms with Gasteiger partial charge in [-0.15, -0.1) is 11.3 Å². The number of amides is 1. The molecule has 2 nitrogen and oxygen atoms in total. The summed E-state index contributed by atoms with van der Waals surface area (Å²) in [6.07, 6.45) is 6.48. The van der Waals surface area contributed by atoms with Crippen molar-refractivity contribution in [3.8, 4) is 0 Å². The lowest BCUT2D eigenvalue weighted by molar-refractivity contribution is 0.0949. The van der Waals surface area contributed by atoms with Crippen LogP contribution >= 0.6 is 43.2 Å². The minimum Gasteiger partial charge on any atom is -0.352 e. The maximum absolute atomic E-state index is 12.0. The molecule has 1 aliphatic rings. The van der Waals surface area contributed by atoms with Crippen molar-refractivity contribution < 1.29 is 4.79 Å². The third-order valence-corrected chi connectivity index (χ3v) is 6.12. The maximum Gasteiger partial charge on any atom is 0.253 e. The van der Waals surface area contributed by atoms with Gasteiger partial charge in [-0.05, 0) is 62.6 Å². The van der Waals surface area contributed by atoms with E-state index in [0.717, 1.165) is 37.9 Å².